The molecule has 4 rings (SSSR count). The number of aromatic nitrogens is 1. The van der Waals surface area contributed by atoms with Gasteiger partial charge in [-0.05, 0) is 74.8 Å². The molecule has 19 nitrogen and oxygen atoms in total. The Morgan fingerprint density at radius 1 is 0.522 bits per heavy atom. The fourth-order valence-electron chi connectivity index (χ4n) is 4.88. The van der Waals surface area contributed by atoms with Gasteiger partial charge in [-0.15, -0.1) is 0 Å². The van der Waals surface area contributed by atoms with Crippen molar-refractivity contribution in [2.45, 2.75) is 31.4 Å². The maximum atomic E-state index is 12.6. The predicted octanol–water partition coefficient (Wildman–Crippen LogP) is 5.79. The summed E-state index contributed by atoms with van der Waals surface area (Å²) in [6.07, 6.45) is -15.0. The topological polar surface area (TPSA) is 279 Å². The number of benzene rings is 3. The zero-order chi connectivity index (χ0) is 51.6. The third-order valence-electron chi connectivity index (χ3n) is 7.97. The lowest BCUT2D eigenvalue weighted by Crippen LogP contribution is -2.29. The molecule has 3 aromatic carbocycles. The minimum Gasteiger partial charge on any atom is -0.480 e. The summed E-state index contributed by atoms with van der Waals surface area (Å²) in [5.74, 6) is -10.7. The molecule has 0 aliphatic heterocycles. The van der Waals surface area contributed by atoms with Crippen molar-refractivity contribution in [2.75, 3.05) is 75.2 Å². The normalized spacial score (nSPS) is 11.2. The summed E-state index contributed by atoms with van der Waals surface area (Å²) in [5, 5.41) is 50.2. The van der Waals surface area contributed by atoms with Crippen molar-refractivity contribution in [1.82, 2.24) is 14.8 Å². The first-order chi connectivity index (χ1) is 30.7. The number of likely N-dealkylation sites (N-methyl/N-ethyl adjacent to an activating group) is 2. The lowest BCUT2D eigenvalue weighted by molar-refractivity contribution is -0.193. The third kappa shape index (κ3) is 21.8. The summed E-state index contributed by atoms with van der Waals surface area (Å²) in [4.78, 5) is 83.8. The van der Waals surface area contributed by atoms with Gasteiger partial charge in [-0.2, -0.15) is 39.5 Å². The van der Waals surface area contributed by atoms with Crippen LogP contribution in [0.3, 0.4) is 0 Å². The van der Waals surface area contributed by atoms with Crippen molar-refractivity contribution in [3.8, 4) is 0 Å². The van der Waals surface area contributed by atoms with Gasteiger partial charge >= 0.3 is 48.4 Å². The lowest BCUT2D eigenvalue weighted by atomic mass is 10.1. The maximum Gasteiger partial charge on any atom is 0.490 e. The molecular weight excluding hydrogens is 929 g/mol. The van der Waals surface area contributed by atoms with E-state index in [4.69, 9.17) is 44.9 Å². The van der Waals surface area contributed by atoms with Crippen LogP contribution in [0.15, 0.2) is 60.7 Å². The number of nitrogens with one attached hydrogen (secondary N) is 3. The van der Waals surface area contributed by atoms with E-state index in [2.05, 4.69) is 16.0 Å². The number of amides is 2. The Hall–Kier alpha value is -7.49. The van der Waals surface area contributed by atoms with Crippen LogP contribution in [0.4, 0.5) is 68.0 Å². The van der Waals surface area contributed by atoms with E-state index in [-0.39, 0.29) is 37.7 Å². The van der Waals surface area contributed by atoms with Crippen molar-refractivity contribution < 1.29 is 98.6 Å². The van der Waals surface area contributed by atoms with Crippen LogP contribution in [0.25, 0.3) is 21.8 Å². The number of anilines is 5. The number of hydrogen-bond acceptors (Lipinski definition) is 12. The van der Waals surface area contributed by atoms with Crippen molar-refractivity contribution in [1.29, 1.82) is 0 Å². The molecule has 1 heterocycles. The van der Waals surface area contributed by atoms with E-state index >= 15 is 0 Å². The molecule has 0 aliphatic rings. The molecule has 0 unspecified atom stereocenters. The number of carbonyl (C=O) groups is 7. The Morgan fingerprint density at radius 2 is 0.836 bits per heavy atom. The van der Waals surface area contributed by atoms with E-state index in [0.717, 1.165) is 27.8 Å². The molecule has 0 saturated carbocycles. The molecule has 0 aliphatic carbocycles. The molecule has 67 heavy (non-hydrogen) atoms. The molecule has 1 aromatic heterocycles. The number of carbonyl (C=O) groups excluding carboxylic acids is 2. The molecule has 0 saturated heterocycles. The number of rotatable bonds is 15. The number of halogens is 9. The smallest absolute Gasteiger partial charge is 0.480 e. The highest BCUT2D eigenvalue weighted by Crippen LogP contribution is 2.36. The van der Waals surface area contributed by atoms with Crippen LogP contribution in [0.5, 0.6) is 0 Å². The van der Waals surface area contributed by atoms with E-state index < -0.39 is 48.4 Å². The summed E-state index contributed by atoms with van der Waals surface area (Å²) in [5.41, 5.74) is 5.03. The summed E-state index contributed by atoms with van der Waals surface area (Å²) in [7, 11) is 7.23. The average molecular weight is 972 g/mol. The highest BCUT2D eigenvalue weighted by Gasteiger charge is 2.39. The molecule has 0 spiro atoms. The van der Waals surface area contributed by atoms with E-state index in [0.29, 0.717) is 35.5 Å². The van der Waals surface area contributed by atoms with E-state index in [1.807, 2.05) is 55.4 Å². The van der Waals surface area contributed by atoms with E-state index in [1.54, 1.807) is 48.2 Å². The number of aliphatic carboxylic acids is 5. The van der Waals surface area contributed by atoms with Crippen LogP contribution >= 0.6 is 0 Å². The highest BCUT2D eigenvalue weighted by molar-refractivity contribution is 6.10. The minimum absolute atomic E-state index is 0.123. The van der Waals surface area contributed by atoms with Gasteiger partial charge in [-0.25, -0.2) is 19.4 Å². The average Bonchev–Trinajstić information content (AvgIpc) is 3.18. The Morgan fingerprint density at radius 3 is 1.12 bits per heavy atom. The third-order valence-corrected chi connectivity index (χ3v) is 7.97. The van der Waals surface area contributed by atoms with E-state index in [9.17, 15) is 58.7 Å². The van der Waals surface area contributed by atoms with Crippen LogP contribution in [0.2, 0.25) is 0 Å². The van der Waals surface area contributed by atoms with Crippen LogP contribution in [-0.2, 0) is 33.6 Å². The first-order valence-corrected chi connectivity index (χ1v) is 18.4. The number of pyridine rings is 1. The highest BCUT2D eigenvalue weighted by atomic mass is 19.4. The summed E-state index contributed by atoms with van der Waals surface area (Å²) >= 11 is 0. The first-order valence-electron chi connectivity index (χ1n) is 18.4. The second-order valence-electron chi connectivity index (χ2n) is 13.8. The number of carboxylic acid groups (broad SMARTS) is 5. The lowest BCUT2D eigenvalue weighted by Gasteiger charge is -2.17. The SMILES string of the molecule is CN(CCC(=O)Nc1ccc2c(Nc3ccc(N(C)C)cc3)c3ccc(NC(=O)CCN(C)CC(=O)O)cc3nc2c1)CC(=O)O.O=C(O)C(F)(F)F.O=C(O)C(F)(F)F.O=C(O)C(F)(F)F. The summed E-state index contributed by atoms with van der Waals surface area (Å²) in [6, 6.07) is 18.9. The molecule has 368 valence electrons. The fourth-order valence-corrected chi connectivity index (χ4v) is 4.88. The van der Waals surface area contributed by atoms with Gasteiger partial charge in [0.25, 0.3) is 0 Å². The molecule has 28 heteroatoms. The first kappa shape index (κ1) is 57.5. The van der Waals surface area contributed by atoms with Gasteiger partial charge < -0.3 is 46.4 Å². The van der Waals surface area contributed by atoms with Crippen LogP contribution in [0, 0.1) is 0 Å². The largest absolute Gasteiger partial charge is 0.490 e. The summed E-state index contributed by atoms with van der Waals surface area (Å²) in [6.45, 7) is 0.273. The Labute approximate surface area is 372 Å². The number of nitrogens with zero attached hydrogens (tertiary/aromatic N) is 4. The van der Waals surface area contributed by atoms with Gasteiger partial charge in [-0.3, -0.25) is 29.0 Å². The van der Waals surface area contributed by atoms with Crippen LogP contribution in [0.1, 0.15) is 12.8 Å². The Balaban J connectivity index is 0.000000882. The van der Waals surface area contributed by atoms with Crippen molar-refractivity contribution >= 4 is 91.9 Å². The Bertz CT molecular complexity index is 2230. The molecule has 2 amide bonds. The second kappa shape index (κ2) is 25.3. The number of alkyl halides is 9. The van der Waals surface area contributed by atoms with Gasteiger partial charge in [0.15, 0.2) is 0 Å². The quantitative estimate of drug-likeness (QED) is 0.0517. The molecule has 0 atom stereocenters. The molecular formula is C39H42F9N7O12. The fraction of sp³-hybridized carbons (Fsp3) is 0.333. The number of hydrogen-bond donors (Lipinski definition) is 8. The van der Waals surface area contributed by atoms with Gasteiger partial charge in [0, 0.05) is 73.5 Å². The van der Waals surface area contributed by atoms with Gasteiger partial charge in [0.2, 0.25) is 11.8 Å². The summed E-state index contributed by atoms with van der Waals surface area (Å²) < 4.78 is 95.2. The minimum atomic E-state index is -5.08. The van der Waals surface area contributed by atoms with E-state index in [1.165, 1.54) is 0 Å². The molecule has 0 bridgehead atoms. The van der Waals surface area contributed by atoms with Crippen LogP contribution < -0.4 is 20.9 Å². The molecule has 4 aromatic rings. The second-order valence-corrected chi connectivity index (χ2v) is 13.8. The predicted molar refractivity (Wildman–Crippen MR) is 221 cm³/mol. The van der Waals surface area contributed by atoms with Gasteiger partial charge in [0.05, 0.1) is 29.8 Å². The monoisotopic (exact) mass is 971 g/mol. The zero-order valence-corrected chi connectivity index (χ0v) is 35.3. The maximum absolute atomic E-state index is 12.6. The molecule has 8 N–H and O–H groups in total. The van der Waals surface area contributed by atoms with Gasteiger partial charge in [0.1, 0.15) is 0 Å². The van der Waals surface area contributed by atoms with Crippen molar-refractivity contribution in [3.63, 3.8) is 0 Å². The van der Waals surface area contributed by atoms with Crippen molar-refractivity contribution in [3.05, 3.63) is 60.7 Å². The molecule has 0 fully saturated rings. The zero-order valence-electron chi connectivity index (χ0n) is 35.3. The Kier molecular flexibility index (Phi) is 21.7. The standard InChI is InChI=1S/C33H39N7O6.3C2HF3O2/c1-38(2)24-9-5-21(6-10-24)36-33-25-11-7-22(34-29(41)13-15-39(3)19-31(43)44)17-27(25)37-28-18-23(8-12-26(28)33)35-30(42)14-16-40(4)20-32(45)46;3*3-2(4,5)1(6)7/h5-12,17-18H,13-16,19-20H2,1-4H3,(H,34,41)(H,35,42)(H,36,37)(H,43,44)(H,45,46);3*(H,6,7). The van der Waals surface area contributed by atoms with Crippen molar-refractivity contribution in [2.24, 2.45) is 0 Å². The molecule has 0 radical (unpaired) electrons. The number of fused-ring (bicyclic) bond motifs is 2. The van der Waals surface area contributed by atoms with Gasteiger partial charge in [-0.1, -0.05) is 0 Å². The number of carboxylic acids is 5. The van der Waals surface area contributed by atoms with Crippen LogP contribution in [-0.4, -0.2) is 155 Å².